The Hall–Kier alpha value is -5.63. The van der Waals surface area contributed by atoms with Crippen molar-refractivity contribution in [2.75, 3.05) is 13.2 Å². The third kappa shape index (κ3) is 12.7. The Morgan fingerprint density at radius 1 is 0.639 bits per heavy atom. The van der Waals surface area contributed by atoms with E-state index in [4.69, 9.17) is 16.7 Å². The van der Waals surface area contributed by atoms with Crippen molar-refractivity contribution in [3.8, 4) is 34.3 Å². The van der Waals surface area contributed by atoms with E-state index in [2.05, 4.69) is 54.5 Å². The van der Waals surface area contributed by atoms with Gasteiger partial charge in [0.1, 0.15) is 0 Å². The van der Waals surface area contributed by atoms with Crippen LogP contribution >= 0.6 is 11.6 Å². The van der Waals surface area contributed by atoms with Crippen molar-refractivity contribution in [3.63, 3.8) is 0 Å². The number of pyridine rings is 2. The van der Waals surface area contributed by atoms with Gasteiger partial charge in [-0.2, -0.15) is 43.9 Å². The molecule has 0 aliphatic carbocycles. The van der Waals surface area contributed by atoms with Crippen molar-refractivity contribution in [2.24, 2.45) is 0 Å². The highest BCUT2D eigenvalue weighted by Crippen LogP contribution is 2.33. The molecule has 14 nitrogen and oxygen atoms in total. The smallest absolute Gasteiger partial charge is 0.425 e. The molecule has 6 rings (SSSR count). The fourth-order valence-corrected chi connectivity index (χ4v) is 4.44. The number of aromatic nitrogens is 10. The van der Waals surface area contributed by atoms with Gasteiger partial charge in [-0.3, -0.25) is 18.8 Å². The van der Waals surface area contributed by atoms with Crippen molar-refractivity contribution >= 4 is 22.9 Å². The zero-order valence-electron chi connectivity index (χ0n) is 30.2. The molecule has 0 bridgehead atoms. The molecular weight excluding hydrogens is 876 g/mol. The van der Waals surface area contributed by atoms with Crippen molar-refractivity contribution < 1.29 is 72.0 Å². The second kappa shape index (κ2) is 20.3. The Morgan fingerprint density at radius 3 is 1.36 bits per heavy atom. The summed E-state index contributed by atoms with van der Waals surface area (Å²) in [5, 5.41) is 17.5. The van der Waals surface area contributed by atoms with E-state index in [0.717, 1.165) is 58.1 Å². The molecule has 0 aliphatic rings. The number of rotatable bonds is 10. The maximum atomic E-state index is 14.2. The molecule has 0 unspecified atom stereocenters. The third-order valence-corrected chi connectivity index (χ3v) is 7.30. The fraction of sp³-hybridized carbons (Fsp3) is 0.412. The summed E-state index contributed by atoms with van der Waals surface area (Å²) in [7, 11) is 0. The molecule has 27 heteroatoms. The number of alkyl halides is 11. The van der Waals surface area contributed by atoms with Crippen LogP contribution in [0.3, 0.4) is 0 Å². The molecule has 6 heterocycles. The number of aliphatic hydroxyl groups is 1. The molecule has 0 aromatic carbocycles. The number of hydrogen-bond donors (Lipinski definition) is 1. The summed E-state index contributed by atoms with van der Waals surface area (Å²) in [4.78, 5) is 14.9. The predicted molar refractivity (Wildman–Crippen MR) is 192 cm³/mol. The summed E-state index contributed by atoms with van der Waals surface area (Å²) in [6.07, 6.45) is -11.3. The topological polar surface area (TPSA) is 160 Å². The number of fused-ring (bicyclic) bond motifs is 2. The monoisotopic (exact) mass is 910 g/mol. The van der Waals surface area contributed by atoms with Gasteiger partial charge < -0.3 is 19.3 Å². The second-order valence-corrected chi connectivity index (χ2v) is 11.9. The van der Waals surface area contributed by atoms with Crippen LogP contribution in [-0.4, -0.2) is 92.0 Å². The number of hydrogen-bond acceptors (Lipinski definition) is 12. The fourth-order valence-electron chi connectivity index (χ4n) is 4.31. The molecule has 6 aromatic heterocycles. The van der Waals surface area contributed by atoms with Crippen LogP contribution in [0.15, 0.2) is 49.3 Å². The van der Waals surface area contributed by atoms with Gasteiger partial charge in [-0.15, -0.1) is 20.4 Å². The lowest BCUT2D eigenvalue weighted by Gasteiger charge is -2.17. The highest BCUT2D eigenvalue weighted by atomic mass is 35.5. The number of aliphatic hydroxyl groups excluding tert-OH is 1. The summed E-state index contributed by atoms with van der Waals surface area (Å²) >= 11 is 4.95. The van der Waals surface area contributed by atoms with Crippen LogP contribution in [-0.2, 0) is 16.2 Å². The molecule has 1 N–H and O–H groups in total. The highest BCUT2D eigenvalue weighted by Gasteiger charge is 2.41. The molecule has 0 radical (unpaired) electrons. The maximum absolute atomic E-state index is 14.2. The first-order valence-electron chi connectivity index (χ1n) is 16.3. The number of nitrogens with zero attached hydrogens (tertiary/aromatic N) is 10. The van der Waals surface area contributed by atoms with Gasteiger partial charge in [0.2, 0.25) is 11.6 Å². The quantitative estimate of drug-likeness (QED) is 0.103. The van der Waals surface area contributed by atoms with E-state index >= 15 is 0 Å². The predicted octanol–water partition coefficient (Wildman–Crippen LogP) is 8.95. The van der Waals surface area contributed by atoms with Gasteiger partial charge in [0.05, 0.1) is 30.4 Å². The Balaban J connectivity index is 0.000000384. The van der Waals surface area contributed by atoms with E-state index in [1.165, 1.54) is 6.92 Å². The Morgan fingerprint density at radius 2 is 1.02 bits per heavy atom. The molecule has 336 valence electrons. The van der Waals surface area contributed by atoms with Gasteiger partial charge in [0, 0.05) is 42.5 Å². The van der Waals surface area contributed by atoms with Crippen LogP contribution < -0.4 is 9.47 Å². The van der Waals surface area contributed by atoms with Crippen LogP contribution in [0, 0.1) is 11.6 Å². The maximum Gasteiger partial charge on any atom is 0.425 e. The van der Waals surface area contributed by atoms with Gasteiger partial charge in [-0.25, -0.2) is 18.7 Å². The largest absolute Gasteiger partial charge is 0.463 e. The number of ether oxygens (including phenoxy) is 3. The minimum absolute atomic E-state index is 0. The summed E-state index contributed by atoms with van der Waals surface area (Å²) < 4.78 is 173. The van der Waals surface area contributed by atoms with Gasteiger partial charge >= 0.3 is 23.8 Å². The molecule has 2 atom stereocenters. The first-order chi connectivity index (χ1) is 27.4. The van der Waals surface area contributed by atoms with Crippen molar-refractivity contribution in [3.05, 3.63) is 72.6 Å². The van der Waals surface area contributed by atoms with E-state index in [1.807, 2.05) is 0 Å². The molecular formula is C34H35ClF12N10O4. The molecule has 61 heavy (non-hydrogen) atoms. The first-order valence-corrected chi connectivity index (χ1v) is 16.7. The average molecular weight is 911 g/mol. The van der Waals surface area contributed by atoms with Gasteiger partial charge in [0.15, 0.2) is 35.1 Å². The van der Waals surface area contributed by atoms with Gasteiger partial charge in [-0.1, -0.05) is 14.9 Å². The Labute approximate surface area is 342 Å². The molecule has 0 amide bonds. The second-order valence-electron chi connectivity index (χ2n) is 11.4. The number of halogens is 13. The van der Waals surface area contributed by atoms with E-state index < -0.39 is 71.1 Å². The van der Waals surface area contributed by atoms with Crippen molar-refractivity contribution in [2.45, 2.75) is 78.6 Å². The molecule has 6 aromatic rings. The SMILES string of the molecule is C.C.CCO.CCOC(F)(F)c1nnc2cnc(-c3cnc(O[C@H](C)C(F)(F)F)c(F)c3)cn12.C[C@@H](Oc1ncc(-c2cn3c(C(F)(F)Cl)nnc3cn2)cc1F)C(F)(F)F. The van der Waals surface area contributed by atoms with Gasteiger partial charge in [-0.05, 0) is 51.4 Å². The lowest BCUT2D eigenvalue weighted by molar-refractivity contribution is -0.251. The summed E-state index contributed by atoms with van der Waals surface area (Å²) in [5.41, 5.74) is -0.0781. The van der Waals surface area contributed by atoms with Crippen LogP contribution in [0.5, 0.6) is 11.8 Å². The van der Waals surface area contributed by atoms with Crippen molar-refractivity contribution in [1.82, 2.24) is 49.1 Å². The van der Waals surface area contributed by atoms with Crippen LogP contribution in [0.4, 0.5) is 52.7 Å². The molecule has 0 aliphatic heterocycles. The summed E-state index contributed by atoms with van der Waals surface area (Å²) in [5.74, 6) is -5.77. The zero-order valence-corrected chi connectivity index (χ0v) is 31.0. The van der Waals surface area contributed by atoms with Crippen LogP contribution in [0.25, 0.3) is 33.8 Å². The lowest BCUT2D eigenvalue weighted by atomic mass is 10.2. The first kappa shape index (κ1) is 51.5. The van der Waals surface area contributed by atoms with E-state index in [9.17, 15) is 52.7 Å². The van der Waals surface area contributed by atoms with E-state index in [0.29, 0.717) is 13.8 Å². The lowest BCUT2D eigenvalue weighted by Crippen LogP contribution is -2.31. The van der Waals surface area contributed by atoms with Crippen LogP contribution in [0.1, 0.15) is 54.2 Å². The minimum Gasteiger partial charge on any atom is -0.463 e. The van der Waals surface area contributed by atoms with E-state index in [-0.39, 0.29) is 61.9 Å². The van der Waals surface area contributed by atoms with E-state index in [1.54, 1.807) is 6.92 Å². The summed E-state index contributed by atoms with van der Waals surface area (Å²) in [6, 6.07) is 1.63. The molecule has 0 saturated carbocycles. The standard InChI is InChI=1S/C16H13F6N5O2.C14H8ClF6N5O.C2H6O.2CH4/c1-3-28-16(21,22)14-26-25-12-6-23-11(7-27(12)14)9-4-10(17)13(24-5-9)29-8(2)15(18,19)20;1-6(14(19,20)21)27-11-8(16)2-7(3-23-11)9-5-26-10(4-22-9)24-25-12(26)13(15,17)18;1-2-3;;/h4-8H,3H2,1-2H3;2-6H,1H3;3H,2H2,1H3;2*1H4/t8-;6-;;;/m11.../s1. The molecule has 0 spiro atoms. The van der Waals surface area contributed by atoms with Gasteiger partial charge in [0.25, 0.3) is 11.8 Å². The van der Waals surface area contributed by atoms with Crippen LogP contribution in [0.2, 0.25) is 0 Å². The van der Waals surface area contributed by atoms with Crippen molar-refractivity contribution in [1.29, 1.82) is 0 Å². The summed E-state index contributed by atoms with van der Waals surface area (Å²) in [6.45, 7) is 4.43. The highest BCUT2D eigenvalue weighted by molar-refractivity contribution is 6.21. The Bertz CT molecular complexity index is 2360. The molecule has 0 saturated heterocycles. The Kier molecular flexibility index (Phi) is 17.1. The zero-order chi connectivity index (χ0) is 44.1. The normalized spacial score (nSPS) is 12.9. The average Bonchev–Trinajstić information content (AvgIpc) is 3.78. The molecule has 0 fully saturated rings. The minimum atomic E-state index is -4.70. The third-order valence-electron chi connectivity index (χ3n) is 7.13.